The van der Waals surface area contributed by atoms with Crippen LogP contribution in [-0.4, -0.2) is 43.5 Å². The summed E-state index contributed by atoms with van der Waals surface area (Å²) in [5.41, 5.74) is 3.39. The molecule has 0 aliphatic rings. The van der Waals surface area contributed by atoms with Gasteiger partial charge in [0.25, 0.3) is 0 Å². The molecular weight excluding hydrogens is 418 g/mol. The monoisotopic (exact) mass is 441 g/mol. The van der Waals surface area contributed by atoms with Gasteiger partial charge in [0.1, 0.15) is 28.6 Å². The molecule has 1 N–H and O–H groups in total. The minimum Gasteiger partial charge on any atom is -0.365 e. The first kappa shape index (κ1) is 20.3. The van der Waals surface area contributed by atoms with Crippen molar-refractivity contribution in [2.75, 3.05) is 19.4 Å². The molecule has 4 aromatic heterocycles. The number of rotatable bonds is 7. The molecule has 160 valence electrons. The maximum atomic E-state index is 4.88. The molecule has 0 saturated carbocycles. The third-order valence-corrected chi connectivity index (χ3v) is 5.93. The lowest BCUT2D eigenvalue weighted by Gasteiger charge is -2.13. The van der Waals surface area contributed by atoms with E-state index in [2.05, 4.69) is 55.9 Å². The van der Waals surface area contributed by atoms with Crippen molar-refractivity contribution in [2.45, 2.75) is 13.1 Å². The van der Waals surface area contributed by atoms with E-state index in [0.717, 1.165) is 44.4 Å². The van der Waals surface area contributed by atoms with E-state index < -0.39 is 0 Å². The van der Waals surface area contributed by atoms with Crippen LogP contribution in [0.25, 0.3) is 27.2 Å². The molecule has 5 rings (SSSR count). The zero-order valence-corrected chi connectivity index (χ0v) is 18.8. The van der Waals surface area contributed by atoms with Gasteiger partial charge < -0.3 is 10.2 Å². The summed E-state index contributed by atoms with van der Waals surface area (Å²) in [6.07, 6.45) is 7.25. The molecule has 0 amide bonds. The van der Waals surface area contributed by atoms with Gasteiger partial charge in [-0.15, -0.1) is 11.3 Å². The highest BCUT2D eigenvalue weighted by Gasteiger charge is 2.16. The fraction of sp³-hybridized carbons (Fsp3) is 0.167. The Morgan fingerprint density at radius 3 is 2.66 bits per heavy atom. The highest BCUT2D eigenvalue weighted by Crippen LogP contribution is 2.37. The van der Waals surface area contributed by atoms with Crippen molar-refractivity contribution in [1.82, 2.24) is 29.4 Å². The van der Waals surface area contributed by atoms with E-state index in [9.17, 15) is 0 Å². The molecule has 32 heavy (non-hydrogen) atoms. The lowest BCUT2D eigenvalue weighted by atomic mass is 10.1. The van der Waals surface area contributed by atoms with Crippen LogP contribution < -0.4 is 5.32 Å². The molecule has 0 spiro atoms. The summed E-state index contributed by atoms with van der Waals surface area (Å²) in [4.78, 5) is 21.4. The van der Waals surface area contributed by atoms with Crippen LogP contribution in [0.3, 0.4) is 0 Å². The molecule has 5 aromatic rings. The molecule has 7 nitrogen and oxygen atoms in total. The van der Waals surface area contributed by atoms with Gasteiger partial charge in [0.05, 0.1) is 11.9 Å². The number of imidazole rings is 1. The van der Waals surface area contributed by atoms with Crippen LogP contribution in [0, 0.1) is 0 Å². The highest BCUT2D eigenvalue weighted by atomic mass is 32.1. The number of nitrogens with one attached hydrogen (secondary N) is 1. The van der Waals surface area contributed by atoms with E-state index in [4.69, 9.17) is 9.97 Å². The standard InChI is InChI=1S/C24H23N7S/c1-30(2)14-20-28-23(22-19(15-32-24(22)29-20)18-6-4-3-5-7-18)27-13-17-8-9-21(26-12-17)31-11-10-25-16-31/h3-12,15-16H,13-14H2,1-2H3,(H,27,28,29). The Labute approximate surface area is 190 Å². The average Bonchev–Trinajstić information content (AvgIpc) is 3.48. The number of hydrogen-bond donors (Lipinski definition) is 1. The third kappa shape index (κ3) is 4.23. The quantitative estimate of drug-likeness (QED) is 0.398. The largest absolute Gasteiger partial charge is 0.365 e. The number of aromatic nitrogens is 5. The second-order valence-electron chi connectivity index (χ2n) is 7.77. The number of anilines is 1. The molecule has 0 bridgehead atoms. The van der Waals surface area contributed by atoms with Crippen molar-refractivity contribution < 1.29 is 0 Å². The lowest BCUT2D eigenvalue weighted by Crippen LogP contribution is -2.14. The Hall–Kier alpha value is -3.62. The van der Waals surface area contributed by atoms with Gasteiger partial charge in [-0.3, -0.25) is 4.57 Å². The SMILES string of the molecule is CN(C)Cc1nc(NCc2ccc(-n3ccnc3)nc2)c2c(-c3ccccc3)csc2n1. The second kappa shape index (κ2) is 8.86. The van der Waals surface area contributed by atoms with E-state index in [0.29, 0.717) is 13.1 Å². The first-order chi connectivity index (χ1) is 15.7. The second-order valence-corrected chi connectivity index (χ2v) is 8.63. The van der Waals surface area contributed by atoms with E-state index in [1.54, 1.807) is 23.9 Å². The number of benzene rings is 1. The number of thiophene rings is 1. The van der Waals surface area contributed by atoms with Gasteiger partial charge in [0.15, 0.2) is 0 Å². The van der Waals surface area contributed by atoms with Crippen molar-refractivity contribution in [3.05, 3.63) is 84.2 Å². The molecule has 8 heteroatoms. The van der Waals surface area contributed by atoms with Crippen LogP contribution in [-0.2, 0) is 13.1 Å². The summed E-state index contributed by atoms with van der Waals surface area (Å²) in [5, 5.41) is 6.78. The summed E-state index contributed by atoms with van der Waals surface area (Å²) >= 11 is 1.66. The molecule has 0 fully saturated rings. The van der Waals surface area contributed by atoms with Gasteiger partial charge in [0, 0.05) is 36.1 Å². The summed E-state index contributed by atoms with van der Waals surface area (Å²) in [6, 6.07) is 14.5. The van der Waals surface area contributed by atoms with E-state index in [1.807, 2.05) is 43.2 Å². The van der Waals surface area contributed by atoms with Crippen LogP contribution >= 0.6 is 11.3 Å². The average molecular weight is 442 g/mol. The predicted octanol–water partition coefficient (Wildman–Crippen LogP) is 4.61. The van der Waals surface area contributed by atoms with Crippen LogP contribution in [0.1, 0.15) is 11.4 Å². The number of hydrogen-bond acceptors (Lipinski definition) is 7. The first-order valence-electron chi connectivity index (χ1n) is 10.3. The zero-order chi connectivity index (χ0) is 21.9. The lowest BCUT2D eigenvalue weighted by molar-refractivity contribution is 0.391. The van der Waals surface area contributed by atoms with Crippen LogP contribution in [0.15, 0.2) is 72.8 Å². The van der Waals surface area contributed by atoms with Gasteiger partial charge in [-0.1, -0.05) is 36.4 Å². The maximum absolute atomic E-state index is 4.88. The smallest absolute Gasteiger partial charge is 0.146 e. The summed E-state index contributed by atoms with van der Waals surface area (Å²) in [5.74, 6) is 2.50. The van der Waals surface area contributed by atoms with Crippen molar-refractivity contribution in [3.63, 3.8) is 0 Å². The van der Waals surface area contributed by atoms with Gasteiger partial charge in [0.2, 0.25) is 0 Å². The van der Waals surface area contributed by atoms with Crippen LogP contribution in [0.4, 0.5) is 5.82 Å². The van der Waals surface area contributed by atoms with Gasteiger partial charge in [-0.25, -0.2) is 19.9 Å². The minimum atomic E-state index is 0.620. The predicted molar refractivity (Wildman–Crippen MR) is 129 cm³/mol. The van der Waals surface area contributed by atoms with Crippen molar-refractivity contribution in [1.29, 1.82) is 0 Å². The van der Waals surface area contributed by atoms with Crippen LogP contribution in [0.2, 0.25) is 0 Å². The maximum Gasteiger partial charge on any atom is 0.146 e. The molecule has 0 atom stereocenters. The normalized spacial score (nSPS) is 11.3. The molecule has 0 radical (unpaired) electrons. The number of pyridine rings is 1. The Balaban J connectivity index is 1.47. The molecule has 0 aliphatic carbocycles. The molecule has 0 saturated heterocycles. The van der Waals surface area contributed by atoms with Gasteiger partial charge >= 0.3 is 0 Å². The molecule has 0 aliphatic heterocycles. The minimum absolute atomic E-state index is 0.620. The van der Waals surface area contributed by atoms with Crippen molar-refractivity contribution >= 4 is 27.4 Å². The third-order valence-electron chi connectivity index (χ3n) is 5.06. The summed E-state index contributed by atoms with van der Waals surface area (Å²) in [7, 11) is 4.05. The Morgan fingerprint density at radius 2 is 1.94 bits per heavy atom. The van der Waals surface area contributed by atoms with Crippen LogP contribution in [0.5, 0.6) is 0 Å². The number of nitrogens with zero attached hydrogens (tertiary/aromatic N) is 6. The first-order valence-corrected chi connectivity index (χ1v) is 11.2. The Bertz CT molecular complexity index is 1310. The van der Waals surface area contributed by atoms with E-state index >= 15 is 0 Å². The topological polar surface area (TPSA) is 71.8 Å². The Morgan fingerprint density at radius 1 is 1.06 bits per heavy atom. The summed E-state index contributed by atoms with van der Waals surface area (Å²) in [6.45, 7) is 1.30. The fourth-order valence-electron chi connectivity index (χ4n) is 3.55. The Kier molecular flexibility index (Phi) is 5.62. The highest BCUT2D eigenvalue weighted by molar-refractivity contribution is 7.17. The van der Waals surface area contributed by atoms with Crippen molar-refractivity contribution in [2.24, 2.45) is 0 Å². The van der Waals surface area contributed by atoms with Crippen molar-refractivity contribution in [3.8, 4) is 16.9 Å². The number of fused-ring (bicyclic) bond motifs is 1. The zero-order valence-electron chi connectivity index (χ0n) is 17.9. The molecular formula is C24H23N7S. The van der Waals surface area contributed by atoms with Gasteiger partial charge in [-0.05, 0) is 31.3 Å². The molecule has 1 aromatic carbocycles. The summed E-state index contributed by atoms with van der Waals surface area (Å²) < 4.78 is 1.89. The fourth-order valence-corrected chi connectivity index (χ4v) is 4.52. The molecule has 4 heterocycles. The molecule has 0 unspecified atom stereocenters. The van der Waals surface area contributed by atoms with E-state index in [1.165, 1.54) is 0 Å². The van der Waals surface area contributed by atoms with Gasteiger partial charge in [-0.2, -0.15) is 0 Å². The van der Waals surface area contributed by atoms with E-state index in [-0.39, 0.29) is 0 Å².